The van der Waals surface area contributed by atoms with Crippen molar-refractivity contribution in [1.82, 2.24) is 4.90 Å². The summed E-state index contributed by atoms with van der Waals surface area (Å²) in [5.74, 6) is 2.31. The van der Waals surface area contributed by atoms with Gasteiger partial charge in [0.15, 0.2) is 0 Å². The average Bonchev–Trinajstić information content (AvgIpc) is 2.85. The summed E-state index contributed by atoms with van der Waals surface area (Å²) < 4.78 is 0. The van der Waals surface area contributed by atoms with E-state index in [4.69, 9.17) is 5.73 Å². The highest BCUT2D eigenvalue weighted by Crippen LogP contribution is 2.21. The number of hydrogen-bond donors (Lipinski definition) is 2. The molecule has 0 saturated carbocycles. The Bertz CT molecular complexity index is 418. The van der Waals surface area contributed by atoms with Crippen LogP contribution in [0.5, 0.6) is 0 Å². The highest BCUT2D eigenvalue weighted by molar-refractivity contribution is 7.99. The standard InChI is InChI=1S/C13H19N3OS/c1-16(10-6-7-18-9-10)8-13(17)15-12-5-3-2-4-11(12)14/h2-5,10H,6-9,14H2,1H3,(H,15,17). The number of nitrogens with zero attached hydrogens (tertiary/aromatic N) is 1. The maximum Gasteiger partial charge on any atom is 0.238 e. The van der Waals surface area contributed by atoms with Crippen LogP contribution in [0.1, 0.15) is 6.42 Å². The molecule has 5 heteroatoms. The average molecular weight is 265 g/mol. The van der Waals surface area contributed by atoms with Gasteiger partial charge in [-0.15, -0.1) is 0 Å². The van der Waals surface area contributed by atoms with Crippen LogP contribution in [0, 0.1) is 0 Å². The predicted molar refractivity (Wildman–Crippen MR) is 77.8 cm³/mol. The van der Waals surface area contributed by atoms with Crippen LogP contribution in [0.2, 0.25) is 0 Å². The van der Waals surface area contributed by atoms with E-state index in [-0.39, 0.29) is 5.91 Å². The van der Waals surface area contributed by atoms with Crippen molar-refractivity contribution in [2.45, 2.75) is 12.5 Å². The number of anilines is 2. The molecule has 1 aromatic rings. The number of nitrogens with two attached hydrogens (primary N) is 1. The van der Waals surface area contributed by atoms with E-state index in [1.807, 2.05) is 37.0 Å². The molecule has 0 aliphatic carbocycles. The van der Waals surface area contributed by atoms with Crippen molar-refractivity contribution in [1.29, 1.82) is 0 Å². The number of carbonyl (C=O) groups is 1. The molecule has 18 heavy (non-hydrogen) atoms. The topological polar surface area (TPSA) is 58.4 Å². The van der Waals surface area contributed by atoms with E-state index in [1.54, 1.807) is 6.07 Å². The van der Waals surface area contributed by atoms with Crippen molar-refractivity contribution in [3.8, 4) is 0 Å². The minimum Gasteiger partial charge on any atom is -0.397 e. The SMILES string of the molecule is CN(CC(=O)Nc1ccccc1N)C1CCSC1. The molecule has 1 aliphatic heterocycles. The van der Waals surface area contributed by atoms with Crippen LogP contribution >= 0.6 is 11.8 Å². The maximum absolute atomic E-state index is 11.9. The van der Waals surface area contributed by atoms with Crippen LogP contribution in [-0.2, 0) is 4.79 Å². The quantitative estimate of drug-likeness (QED) is 0.813. The first-order valence-corrected chi connectivity index (χ1v) is 7.24. The van der Waals surface area contributed by atoms with Gasteiger partial charge in [-0.3, -0.25) is 9.69 Å². The molecule has 1 unspecified atom stereocenters. The number of amides is 1. The Hall–Kier alpha value is -1.20. The molecule has 2 rings (SSSR count). The third-order valence-electron chi connectivity index (χ3n) is 3.16. The summed E-state index contributed by atoms with van der Waals surface area (Å²) in [5.41, 5.74) is 7.08. The molecule has 3 N–H and O–H groups in total. The molecular weight excluding hydrogens is 246 g/mol. The second kappa shape index (κ2) is 6.11. The lowest BCUT2D eigenvalue weighted by molar-refractivity contribution is -0.117. The second-order valence-corrected chi connectivity index (χ2v) is 5.72. The summed E-state index contributed by atoms with van der Waals surface area (Å²) in [6.45, 7) is 0.416. The zero-order valence-corrected chi connectivity index (χ0v) is 11.4. The van der Waals surface area contributed by atoms with Crippen LogP contribution in [0.4, 0.5) is 11.4 Å². The Labute approximate surface area is 112 Å². The molecule has 0 radical (unpaired) electrons. The fraction of sp³-hybridized carbons (Fsp3) is 0.462. The molecule has 1 aliphatic rings. The largest absolute Gasteiger partial charge is 0.397 e. The van der Waals surface area contributed by atoms with E-state index in [2.05, 4.69) is 10.2 Å². The molecule has 1 aromatic carbocycles. The number of nitrogen functional groups attached to an aromatic ring is 1. The molecule has 1 heterocycles. The summed E-state index contributed by atoms with van der Waals surface area (Å²) in [6, 6.07) is 7.84. The lowest BCUT2D eigenvalue weighted by Gasteiger charge is -2.22. The molecule has 1 saturated heterocycles. The van der Waals surface area contributed by atoms with Crippen molar-refractivity contribution < 1.29 is 4.79 Å². The first kappa shape index (κ1) is 13.2. The number of carbonyl (C=O) groups excluding carboxylic acids is 1. The highest BCUT2D eigenvalue weighted by Gasteiger charge is 2.21. The van der Waals surface area contributed by atoms with E-state index in [9.17, 15) is 4.79 Å². The fourth-order valence-corrected chi connectivity index (χ4v) is 3.32. The van der Waals surface area contributed by atoms with Crippen molar-refractivity contribution in [3.63, 3.8) is 0 Å². The van der Waals surface area contributed by atoms with Crippen molar-refractivity contribution >= 4 is 29.0 Å². The van der Waals surface area contributed by atoms with E-state index < -0.39 is 0 Å². The van der Waals surface area contributed by atoms with E-state index in [1.165, 1.54) is 12.2 Å². The fourth-order valence-electron chi connectivity index (χ4n) is 2.03. The summed E-state index contributed by atoms with van der Waals surface area (Å²) in [6.07, 6.45) is 1.17. The molecule has 0 spiro atoms. The number of para-hydroxylation sites is 2. The normalized spacial score (nSPS) is 19.1. The van der Waals surface area contributed by atoms with Crippen molar-refractivity contribution in [3.05, 3.63) is 24.3 Å². The van der Waals surface area contributed by atoms with Gasteiger partial charge in [0.05, 0.1) is 17.9 Å². The van der Waals surface area contributed by atoms with Gasteiger partial charge in [-0.1, -0.05) is 12.1 Å². The van der Waals surface area contributed by atoms with Crippen molar-refractivity contribution in [2.75, 3.05) is 36.1 Å². The summed E-state index contributed by atoms with van der Waals surface area (Å²) >= 11 is 1.95. The Balaban J connectivity index is 1.86. The van der Waals surface area contributed by atoms with E-state index >= 15 is 0 Å². The Kier molecular flexibility index (Phi) is 4.49. The van der Waals surface area contributed by atoms with Gasteiger partial charge in [0, 0.05) is 11.8 Å². The van der Waals surface area contributed by atoms with Crippen LogP contribution < -0.4 is 11.1 Å². The van der Waals surface area contributed by atoms with Gasteiger partial charge in [-0.25, -0.2) is 0 Å². The molecule has 4 nitrogen and oxygen atoms in total. The molecular formula is C13H19N3OS. The summed E-state index contributed by atoms with van der Waals surface area (Å²) in [7, 11) is 2.00. The lowest BCUT2D eigenvalue weighted by Crippen LogP contribution is -2.38. The first-order chi connectivity index (χ1) is 8.66. The first-order valence-electron chi connectivity index (χ1n) is 6.09. The minimum atomic E-state index is -0.00713. The van der Waals surface area contributed by atoms with Gasteiger partial charge < -0.3 is 11.1 Å². The molecule has 0 aromatic heterocycles. The van der Waals surface area contributed by atoms with Crippen LogP contribution in [0.25, 0.3) is 0 Å². The Morgan fingerprint density at radius 3 is 3.00 bits per heavy atom. The van der Waals surface area contributed by atoms with Gasteiger partial charge in [-0.2, -0.15) is 11.8 Å². The molecule has 1 fully saturated rings. The summed E-state index contributed by atoms with van der Waals surface area (Å²) in [4.78, 5) is 14.0. The maximum atomic E-state index is 11.9. The number of benzene rings is 1. The van der Waals surface area contributed by atoms with E-state index in [0.29, 0.717) is 24.0 Å². The Morgan fingerprint density at radius 2 is 2.33 bits per heavy atom. The minimum absolute atomic E-state index is 0.00713. The Morgan fingerprint density at radius 1 is 1.56 bits per heavy atom. The predicted octanol–water partition coefficient (Wildman–Crippen LogP) is 1.64. The van der Waals surface area contributed by atoms with Crippen LogP contribution in [0.15, 0.2) is 24.3 Å². The number of rotatable bonds is 4. The highest BCUT2D eigenvalue weighted by atomic mass is 32.2. The summed E-state index contributed by atoms with van der Waals surface area (Å²) in [5, 5.41) is 2.85. The smallest absolute Gasteiger partial charge is 0.238 e. The van der Waals surface area contributed by atoms with Crippen LogP contribution in [-0.4, -0.2) is 41.9 Å². The van der Waals surface area contributed by atoms with Crippen molar-refractivity contribution in [2.24, 2.45) is 0 Å². The number of thioether (sulfide) groups is 1. The number of likely N-dealkylation sites (N-methyl/N-ethyl adjacent to an activating group) is 1. The monoisotopic (exact) mass is 265 g/mol. The van der Waals surface area contributed by atoms with Crippen LogP contribution in [0.3, 0.4) is 0 Å². The molecule has 98 valence electrons. The van der Waals surface area contributed by atoms with E-state index in [0.717, 1.165) is 5.75 Å². The lowest BCUT2D eigenvalue weighted by atomic mass is 10.2. The molecule has 1 atom stereocenters. The van der Waals surface area contributed by atoms with Gasteiger partial charge in [0.25, 0.3) is 0 Å². The molecule has 1 amide bonds. The number of hydrogen-bond acceptors (Lipinski definition) is 4. The molecule has 0 bridgehead atoms. The van der Waals surface area contributed by atoms with Gasteiger partial charge in [0.1, 0.15) is 0 Å². The zero-order valence-electron chi connectivity index (χ0n) is 10.6. The van der Waals surface area contributed by atoms with Gasteiger partial charge in [-0.05, 0) is 31.4 Å². The number of nitrogens with one attached hydrogen (secondary N) is 1. The van der Waals surface area contributed by atoms with Gasteiger partial charge >= 0.3 is 0 Å². The van der Waals surface area contributed by atoms with Gasteiger partial charge in [0.2, 0.25) is 5.91 Å². The second-order valence-electron chi connectivity index (χ2n) is 4.57. The third-order valence-corrected chi connectivity index (χ3v) is 4.30. The zero-order chi connectivity index (χ0) is 13.0. The third kappa shape index (κ3) is 3.40.